The van der Waals surface area contributed by atoms with Gasteiger partial charge in [0.25, 0.3) is 5.91 Å². The fraction of sp³-hybridized carbons (Fsp3) is 0.0556. The van der Waals surface area contributed by atoms with Crippen LogP contribution in [0.4, 0.5) is 5.13 Å². The van der Waals surface area contributed by atoms with E-state index in [0.29, 0.717) is 15.8 Å². The molecule has 4 aromatic rings. The minimum absolute atomic E-state index is 0.289. The van der Waals surface area contributed by atoms with Gasteiger partial charge in [0.15, 0.2) is 5.13 Å². The van der Waals surface area contributed by atoms with E-state index in [1.807, 2.05) is 59.2 Å². The molecule has 0 radical (unpaired) electrons. The number of halogens is 1. The first-order valence-corrected chi connectivity index (χ1v) is 8.84. The van der Waals surface area contributed by atoms with E-state index >= 15 is 0 Å². The molecule has 25 heavy (non-hydrogen) atoms. The third-order valence-electron chi connectivity index (χ3n) is 3.80. The molecular weight excluding hydrogens is 356 g/mol. The summed E-state index contributed by atoms with van der Waals surface area (Å²) in [5, 5.41) is 5.80. The summed E-state index contributed by atoms with van der Waals surface area (Å²) < 4.78 is 1.88. The number of carbonyl (C=O) groups is 1. The molecule has 0 saturated heterocycles. The van der Waals surface area contributed by atoms with Gasteiger partial charge in [-0.3, -0.25) is 10.1 Å². The minimum atomic E-state index is -0.289. The average Bonchev–Trinajstić information content (AvgIpc) is 3.23. The summed E-state index contributed by atoms with van der Waals surface area (Å²) in [6.45, 7) is 1.97. The van der Waals surface area contributed by atoms with Crippen molar-refractivity contribution in [2.75, 3.05) is 5.32 Å². The predicted molar refractivity (Wildman–Crippen MR) is 100 cm³/mol. The molecule has 0 unspecified atom stereocenters. The van der Waals surface area contributed by atoms with Gasteiger partial charge in [0, 0.05) is 27.9 Å². The molecule has 3 heterocycles. The fourth-order valence-electron chi connectivity index (χ4n) is 2.54. The van der Waals surface area contributed by atoms with Crippen molar-refractivity contribution in [2.45, 2.75) is 6.92 Å². The molecule has 1 aromatic carbocycles. The van der Waals surface area contributed by atoms with Crippen LogP contribution in [0.5, 0.6) is 0 Å². The van der Waals surface area contributed by atoms with Crippen molar-refractivity contribution in [1.29, 1.82) is 0 Å². The molecule has 0 saturated carbocycles. The molecule has 0 bridgehead atoms. The summed E-state index contributed by atoms with van der Waals surface area (Å²) >= 11 is 7.54. The van der Waals surface area contributed by atoms with Gasteiger partial charge in [-0.05, 0) is 25.1 Å². The first-order valence-electron chi connectivity index (χ1n) is 7.58. The lowest BCUT2D eigenvalue weighted by atomic mass is 10.2. The highest BCUT2D eigenvalue weighted by atomic mass is 35.5. The van der Waals surface area contributed by atoms with Gasteiger partial charge in [-0.25, -0.2) is 9.97 Å². The van der Waals surface area contributed by atoms with E-state index in [1.165, 1.54) is 11.3 Å². The largest absolute Gasteiger partial charge is 0.304 e. The van der Waals surface area contributed by atoms with Gasteiger partial charge in [-0.1, -0.05) is 35.9 Å². The number of nitrogens with zero attached hydrogens (tertiary/aromatic N) is 3. The van der Waals surface area contributed by atoms with Gasteiger partial charge >= 0.3 is 0 Å². The van der Waals surface area contributed by atoms with E-state index in [4.69, 9.17) is 11.6 Å². The Labute approximate surface area is 152 Å². The molecule has 1 amide bonds. The molecule has 3 aromatic heterocycles. The maximum atomic E-state index is 12.5. The van der Waals surface area contributed by atoms with Gasteiger partial charge in [-0.15, -0.1) is 11.3 Å². The van der Waals surface area contributed by atoms with Crippen LogP contribution in [0.3, 0.4) is 0 Å². The summed E-state index contributed by atoms with van der Waals surface area (Å²) in [6.07, 6.45) is 1.72. The topological polar surface area (TPSA) is 59.3 Å². The Morgan fingerprint density at radius 2 is 2.00 bits per heavy atom. The van der Waals surface area contributed by atoms with Crippen LogP contribution in [0.2, 0.25) is 5.02 Å². The number of pyridine rings is 1. The van der Waals surface area contributed by atoms with Gasteiger partial charge in [-0.2, -0.15) is 0 Å². The first-order chi connectivity index (χ1) is 12.1. The molecule has 5 nitrogen and oxygen atoms in total. The normalized spacial score (nSPS) is 11.0. The minimum Gasteiger partial charge on any atom is -0.304 e. The van der Waals surface area contributed by atoms with Gasteiger partial charge in [0.05, 0.1) is 5.69 Å². The van der Waals surface area contributed by atoms with Crippen LogP contribution in [-0.2, 0) is 0 Å². The molecule has 0 aliphatic rings. The van der Waals surface area contributed by atoms with Crippen LogP contribution in [-0.4, -0.2) is 20.3 Å². The number of carbonyl (C=O) groups excluding carboxylic acids is 1. The molecule has 7 heteroatoms. The number of nitrogens with one attached hydrogen (secondary N) is 1. The van der Waals surface area contributed by atoms with Crippen molar-refractivity contribution in [3.05, 3.63) is 70.5 Å². The Morgan fingerprint density at radius 1 is 1.16 bits per heavy atom. The van der Waals surface area contributed by atoms with E-state index < -0.39 is 0 Å². The zero-order chi connectivity index (χ0) is 17.4. The molecule has 124 valence electrons. The molecule has 1 N–H and O–H groups in total. The van der Waals surface area contributed by atoms with Crippen LogP contribution in [0.1, 0.15) is 16.2 Å². The quantitative estimate of drug-likeness (QED) is 0.571. The summed E-state index contributed by atoms with van der Waals surface area (Å²) in [5.74, 6) is -0.289. The van der Waals surface area contributed by atoms with Crippen molar-refractivity contribution in [3.8, 4) is 11.3 Å². The molecule has 0 spiro atoms. The Hall–Kier alpha value is -2.70. The maximum absolute atomic E-state index is 12.5. The number of rotatable bonds is 3. The summed E-state index contributed by atoms with van der Waals surface area (Å²) in [7, 11) is 0. The third-order valence-corrected chi connectivity index (χ3v) is 4.89. The van der Waals surface area contributed by atoms with Crippen molar-refractivity contribution >= 4 is 39.6 Å². The Kier molecular flexibility index (Phi) is 3.99. The summed E-state index contributed by atoms with van der Waals surface area (Å²) in [5.41, 5.74) is 3.67. The second-order valence-corrected chi connectivity index (χ2v) is 6.76. The standard InChI is InChI=1S/C18H13ClN4OS/c1-11-5-4-8-16-20-14(9-23(11)16)17(24)22-18-21-15(10-25-18)12-6-2-3-7-13(12)19/h2-10H,1H3,(H,21,22,24). The van der Waals surface area contributed by atoms with Crippen molar-refractivity contribution < 1.29 is 4.79 Å². The zero-order valence-corrected chi connectivity index (χ0v) is 14.8. The Morgan fingerprint density at radius 3 is 2.80 bits per heavy atom. The van der Waals surface area contributed by atoms with Crippen LogP contribution in [0.25, 0.3) is 16.9 Å². The predicted octanol–water partition coefficient (Wildman–Crippen LogP) is 4.67. The molecular formula is C18H13ClN4OS. The van der Waals surface area contributed by atoms with Gasteiger partial charge in [0.1, 0.15) is 11.3 Å². The molecule has 4 rings (SSSR count). The Balaban J connectivity index is 1.59. The van der Waals surface area contributed by atoms with Crippen LogP contribution in [0, 0.1) is 6.92 Å². The Bertz CT molecular complexity index is 1090. The summed E-state index contributed by atoms with van der Waals surface area (Å²) in [4.78, 5) is 21.3. The maximum Gasteiger partial charge on any atom is 0.277 e. The fourth-order valence-corrected chi connectivity index (χ4v) is 3.48. The molecule has 0 atom stereocenters. The molecule has 0 fully saturated rings. The SMILES string of the molecule is Cc1cccc2nc(C(=O)Nc3nc(-c4ccccc4Cl)cs3)cn12. The molecule has 0 aliphatic carbocycles. The average molecular weight is 369 g/mol. The number of hydrogen-bond acceptors (Lipinski definition) is 4. The number of hydrogen-bond donors (Lipinski definition) is 1. The number of thiazole rings is 1. The smallest absolute Gasteiger partial charge is 0.277 e. The number of anilines is 1. The third kappa shape index (κ3) is 3.01. The number of imidazole rings is 1. The second-order valence-electron chi connectivity index (χ2n) is 5.49. The van der Waals surface area contributed by atoms with E-state index in [2.05, 4.69) is 15.3 Å². The van der Waals surface area contributed by atoms with E-state index in [1.54, 1.807) is 6.20 Å². The van der Waals surface area contributed by atoms with Crippen LogP contribution in [0.15, 0.2) is 54.0 Å². The number of aromatic nitrogens is 3. The van der Waals surface area contributed by atoms with Gasteiger partial charge < -0.3 is 4.40 Å². The monoisotopic (exact) mass is 368 g/mol. The van der Waals surface area contributed by atoms with E-state index in [9.17, 15) is 4.79 Å². The molecule has 0 aliphatic heterocycles. The lowest BCUT2D eigenvalue weighted by Gasteiger charge is -2.00. The lowest BCUT2D eigenvalue weighted by molar-refractivity contribution is 0.102. The van der Waals surface area contributed by atoms with Crippen molar-refractivity contribution in [2.24, 2.45) is 0 Å². The highest BCUT2D eigenvalue weighted by molar-refractivity contribution is 7.14. The van der Waals surface area contributed by atoms with Gasteiger partial charge in [0.2, 0.25) is 0 Å². The number of aryl methyl sites for hydroxylation is 1. The lowest BCUT2D eigenvalue weighted by Crippen LogP contribution is -2.12. The van der Waals surface area contributed by atoms with Crippen LogP contribution >= 0.6 is 22.9 Å². The number of fused-ring (bicyclic) bond motifs is 1. The summed E-state index contributed by atoms with van der Waals surface area (Å²) in [6, 6.07) is 13.2. The first kappa shape index (κ1) is 15.8. The number of benzene rings is 1. The highest BCUT2D eigenvalue weighted by Gasteiger charge is 2.14. The van der Waals surface area contributed by atoms with E-state index in [0.717, 1.165) is 22.6 Å². The van der Waals surface area contributed by atoms with Crippen LogP contribution < -0.4 is 5.32 Å². The van der Waals surface area contributed by atoms with E-state index in [-0.39, 0.29) is 5.91 Å². The van der Waals surface area contributed by atoms with Crippen molar-refractivity contribution in [1.82, 2.24) is 14.4 Å². The number of amides is 1. The zero-order valence-electron chi connectivity index (χ0n) is 13.2. The van der Waals surface area contributed by atoms with Crippen molar-refractivity contribution in [3.63, 3.8) is 0 Å². The second kappa shape index (κ2) is 6.31. The highest BCUT2D eigenvalue weighted by Crippen LogP contribution is 2.30.